The van der Waals surface area contributed by atoms with Gasteiger partial charge in [-0.25, -0.2) is 5.43 Å². The summed E-state index contributed by atoms with van der Waals surface area (Å²) in [6, 6.07) is 16.6. The molecular weight excluding hydrogens is 258 g/mol. The zero-order valence-corrected chi connectivity index (χ0v) is 12.3. The van der Waals surface area contributed by atoms with Crippen LogP contribution < -0.4 is 11.3 Å². The second-order valence-electron chi connectivity index (χ2n) is 5.38. The highest BCUT2D eigenvalue weighted by molar-refractivity contribution is 5.86. The highest BCUT2D eigenvalue weighted by Crippen LogP contribution is 2.29. The number of hydrazine groups is 1. The zero-order chi connectivity index (χ0) is 14.8. The van der Waals surface area contributed by atoms with Gasteiger partial charge in [-0.3, -0.25) is 10.8 Å². The van der Waals surface area contributed by atoms with E-state index in [0.717, 1.165) is 22.4 Å². The lowest BCUT2D eigenvalue weighted by molar-refractivity contribution is 0.620. The van der Waals surface area contributed by atoms with E-state index in [1.165, 1.54) is 10.8 Å². The molecule has 21 heavy (non-hydrogen) atoms. The summed E-state index contributed by atoms with van der Waals surface area (Å²) in [6.45, 7) is 4.12. The lowest BCUT2D eigenvalue weighted by atomic mass is 9.95. The first-order valence-corrected chi connectivity index (χ1v) is 7.07. The van der Waals surface area contributed by atoms with Crippen LogP contribution in [-0.2, 0) is 0 Å². The van der Waals surface area contributed by atoms with Crippen molar-refractivity contribution in [2.75, 3.05) is 0 Å². The van der Waals surface area contributed by atoms with Gasteiger partial charge in [0.05, 0.1) is 11.7 Å². The third-order valence-corrected chi connectivity index (χ3v) is 3.83. The first-order chi connectivity index (χ1) is 10.2. The molecule has 0 aliphatic heterocycles. The fourth-order valence-corrected chi connectivity index (χ4v) is 2.85. The summed E-state index contributed by atoms with van der Waals surface area (Å²) in [5, 5.41) is 2.41. The highest BCUT2D eigenvalue weighted by atomic mass is 15.2. The molecule has 3 heteroatoms. The van der Waals surface area contributed by atoms with Crippen LogP contribution in [0.4, 0.5) is 0 Å². The third kappa shape index (κ3) is 2.53. The smallest absolute Gasteiger partial charge is 0.0890 e. The van der Waals surface area contributed by atoms with Gasteiger partial charge >= 0.3 is 0 Å². The van der Waals surface area contributed by atoms with Crippen molar-refractivity contribution in [1.29, 1.82) is 0 Å². The predicted octanol–water partition coefficient (Wildman–Crippen LogP) is 3.40. The van der Waals surface area contributed by atoms with Crippen LogP contribution in [0.5, 0.6) is 0 Å². The predicted molar refractivity (Wildman–Crippen MR) is 86.8 cm³/mol. The summed E-state index contributed by atoms with van der Waals surface area (Å²) in [5.74, 6) is 5.84. The maximum Gasteiger partial charge on any atom is 0.0890 e. The standard InChI is InChI=1S/C18H19N3/c1-12-10-13(2)17(20-11-12)18(21-19)16-9-5-7-14-6-3-4-8-15(14)16/h3-11,18,21H,19H2,1-2H3. The Labute approximate surface area is 124 Å². The van der Waals surface area contributed by atoms with E-state index in [1.807, 2.05) is 19.2 Å². The van der Waals surface area contributed by atoms with Crippen molar-refractivity contribution in [1.82, 2.24) is 10.4 Å². The van der Waals surface area contributed by atoms with Crippen LogP contribution in [0, 0.1) is 13.8 Å². The van der Waals surface area contributed by atoms with Gasteiger partial charge in [-0.2, -0.15) is 0 Å². The monoisotopic (exact) mass is 277 g/mol. The number of nitrogens with one attached hydrogen (secondary N) is 1. The normalized spacial score (nSPS) is 12.5. The molecule has 3 aromatic rings. The number of hydrogen-bond acceptors (Lipinski definition) is 3. The van der Waals surface area contributed by atoms with Gasteiger partial charge < -0.3 is 0 Å². The average Bonchev–Trinajstić information content (AvgIpc) is 2.50. The molecule has 0 saturated heterocycles. The summed E-state index contributed by atoms with van der Waals surface area (Å²) in [6.07, 6.45) is 1.89. The number of nitrogens with zero attached hydrogens (tertiary/aromatic N) is 1. The maximum atomic E-state index is 5.84. The Balaban J connectivity index is 2.18. The van der Waals surface area contributed by atoms with Gasteiger partial charge in [0, 0.05) is 6.20 Å². The van der Waals surface area contributed by atoms with E-state index in [0.29, 0.717) is 0 Å². The van der Waals surface area contributed by atoms with E-state index in [-0.39, 0.29) is 6.04 Å². The van der Waals surface area contributed by atoms with Gasteiger partial charge in [0.15, 0.2) is 0 Å². The fourth-order valence-electron chi connectivity index (χ4n) is 2.85. The number of nitrogens with two attached hydrogens (primary N) is 1. The molecule has 3 nitrogen and oxygen atoms in total. The summed E-state index contributed by atoms with van der Waals surface area (Å²) in [5.41, 5.74) is 7.35. The molecule has 0 amide bonds. The van der Waals surface area contributed by atoms with E-state index in [9.17, 15) is 0 Å². The molecule has 1 aromatic heterocycles. The number of aryl methyl sites for hydroxylation is 2. The van der Waals surface area contributed by atoms with Crippen molar-refractivity contribution in [3.63, 3.8) is 0 Å². The van der Waals surface area contributed by atoms with Crippen molar-refractivity contribution < 1.29 is 0 Å². The highest BCUT2D eigenvalue weighted by Gasteiger charge is 2.18. The zero-order valence-electron chi connectivity index (χ0n) is 12.3. The summed E-state index contributed by atoms with van der Waals surface area (Å²) in [7, 11) is 0. The number of aromatic nitrogens is 1. The van der Waals surface area contributed by atoms with E-state index < -0.39 is 0 Å². The number of benzene rings is 2. The van der Waals surface area contributed by atoms with E-state index in [1.54, 1.807) is 0 Å². The largest absolute Gasteiger partial charge is 0.271 e. The Bertz CT molecular complexity index is 775. The molecule has 0 aliphatic carbocycles. The number of fused-ring (bicyclic) bond motifs is 1. The topological polar surface area (TPSA) is 50.9 Å². The molecule has 0 bridgehead atoms. The second kappa shape index (κ2) is 5.64. The van der Waals surface area contributed by atoms with Gasteiger partial charge in [0.2, 0.25) is 0 Å². The van der Waals surface area contributed by atoms with Crippen molar-refractivity contribution in [3.05, 3.63) is 77.1 Å². The second-order valence-corrected chi connectivity index (χ2v) is 5.38. The van der Waals surface area contributed by atoms with Crippen LogP contribution in [0.1, 0.15) is 28.4 Å². The summed E-state index contributed by atoms with van der Waals surface area (Å²) in [4.78, 5) is 4.59. The molecule has 0 radical (unpaired) electrons. The van der Waals surface area contributed by atoms with Crippen LogP contribution in [0.2, 0.25) is 0 Å². The van der Waals surface area contributed by atoms with Gasteiger partial charge in [-0.15, -0.1) is 0 Å². The Morgan fingerprint density at radius 2 is 1.81 bits per heavy atom. The van der Waals surface area contributed by atoms with Crippen LogP contribution in [0.15, 0.2) is 54.7 Å². The molecule has 1 unspecified atom stereocenters. The van der Waals surface area contributed by atoms with E-state index >= 15 is 0 Å². The molecule has 0 fully saturated rings. The molecule has 3 N–H and O–H groups in total. The first-order valence-electron chi connectivity index (χ1n) is 7.07. The van der Waals surface area contributed by atoms with Crippen molar-refractivity contribution in [2.45, 2.75) is 19.9 Å². The molecule has 0 saturated carbocycles. The van der Waals surface area contributed by atoms with Crippen LogP contribution in [0.25, 0.3) is 10.8 Å². The fraction of sp³-hybridized carbons (Fsp3) is 0.167. The van der Waals surface area contributed by atoms with Crippen LogP contribution in [0.3, 0.4) is 0 Å². The Morgan fingerprint density at radius 3 is 2.57 bits per heavy atom. The lowest BCUT2D eigenvalue weighted by Gasteiger charge is -2.20. The van der Waals surface area contributed by atoms with Crippen molar-refractivity contribution in [2.24, 2.45) is 5.84 Å². The molecule has 1 heterocycles. The molecular formula is C18H19N3. The molecule has 3 rings (SSSR count). The Morgan fingerprint density at radius 1 is 1.05 bits per heavy atom. The summed E-state index contributed by atoms with van der Waals surface area (Å²) < 4.78 is 0. The minimum atomic E-state index is -0.114. The minimum Gasteiger partial charge on any atom is -0.271 e. The molecule has 106 valence electrons. The lowest BCUT2D eigenvalue weighted by Crippen LogP contribution is -2.30. The molecule has 1 atom stereocenters. The Kier molecular flexibility index (Phi) is 3.69. The minimum absolute atomic E-state index is 0.114. The quantitative estimate of drug-likeness (QED) is 0.570. The van der Waals surface area contributed by atoms with E-state index in [2.05, 4.69) is 59.8 Å². The van der Waals surface area contributed by atoms with E-state index in [4.69, 9.17) is 5.84 Å². The van der Waals surface area contributed by atoms with Crippen LogP contribution in [-0.4, -0.2) is 4.98 Å². The molecule has 2 aromatic carbocycles. The average molecular weight is 277 g/mol. The van der Waals surface area contributed by atoms with Crippen molar-refractivity contribution >= 4 is 10.8 Å². The third-order valence-electron chi connectivity index (χ3n) is 3.83. The van der Waals surface area contributed by atoms with Crippen LogP contribution >= 0.6 is 0 Å². The Hall–Kier alpha value is -2.23. The number of rotatable bonds is 3. The molecule has 0 spiro atoms. The number of hydrogen-bond donors (Lipinski definition) is 2. The SMILES string of the molecule is Cc1cnc(C(NN)c2cccc3ccccc23)c(C)c1. The maximum absolute atomic E-state index is 5.84. The van der Waals surface area contributed by atoms with Crippen molar-refractivity contribution in [3.8, 4) is 0 Å². The molecule has 0 aliphatic rings. The van der Waals surface area contributed by atoms with Gasteiger partial charge in [-0.1, -0.05) is 48.5 Å². The van der Waals surface area contributed by atoms with Gasteiger partial charge in [0.25, 0.3) is 0 Å². The first kappa shape index (κ1) is 13.7. The number of pyridine rings is 1. The summed E-state index contributed by atoms with van der Waals surface area (Å²) >= 11 is 0. The van der Waals surface area contributed by atoms with Gasteiger partial charge in [0.1, 0.15) is 0 Å². The van der Waals surface area contributed by atoms with Gasteiger partial charge in [-0.05, 0) is 41.3 Å².